The molecule has 0 heterocycles. The van der Waals surface area contributed by atoms with E-state index in [2.05, 4.69) is 18.2 Å². The third kappa shape index (κ3) is 6.84. The summed E-state index contributed by atoms with van der Waals surface area (Å²) in [6.45, 7) is 11.3. The van der Waals surface area contributed by atoms with Crippen LogP contribution in [0.5, 0.6) is 0 Å². The highest BCUT2D eigenvalue weighted by Gasteiger charge is 2.21. The zero-order valence-electron chi connectivity index (χ0n) is 13.6. The van der Waals surface area contributed by atoms with E-state index < -0.39 is 0 Å². The van der Waals surface area contributed by atoms with Gasteiger partial charge in [0.2, 0.25) is 11.8 Å². The van der Waals surface area contributed by atoms with Crippen LogP contribution in [-0.2, 0) is 9.59 Å². The van der Waals surface area contributed by atoms with Crippen LogP contribution in [0.15, 0.2) is 29.3 Å². The van der Waals surface area contributed by atoms with Crippen molar-refractivity contribution in [1.82, 2.24) is 9.80 Å². The minimum Gasteiger partial charge on any atom is -0.321 e. The molecular formula is C16H24N4O2. The molecule has 22 heavy (non-hydrogen) atoms. The van der Waals surface area contributed by atoms with Gasteiger partial charge in [0, 0.05) is 37.5 Å². The molecule has 0 N–H and O–H groups in total. The molecule has 0 atom stereocenters. The fourth-order valence-corrected chi connectivity index (χ4v) is 1.75. The molecule has 0 aliphatic rings. The van der Waals surface area contributed by atoms with Crippen molar-refractivity contribution in [1.29, 1.82) is 5.26 Å². The second kappa shape index (κ2) is 10.3. The smallest absolute Gasteiger partial charge is 0.250 e. The van der Waals surface area contributed by atoms with Crippen LogP contribution in [0.2, 0.25) is 0 Å². The molecular weight excluding hydrogens is 280 g/mol. The van der Waals surface area contributed by atoms with E-state index in [-0.39, 0.29) is 31.4 Å². The van der Waals surface area contributed by atoms with Gasteiger partial charge in [-0.1, -0.05) is 13.2 Å². The average molecular weight is 304 g/mol. The number of rotatable bonds is 9. The van der Waals surface area contributed by atoms with Crippen molar-refractivity contribution in [3.8, 4) is 6.07 Å². The molecule has 0 aliphatic carbocycles. The summed E-state index contributed by atoms with van der Waals surface area (Å²) in [7, 11) is 1.66. The fourth-order valence-electron chi connectivity index (χ4n) is 1.75. The van der Waals surface area contributed by atoms with Gasteiger partial charge in [-0.3, -0.25) is 9.59 Å². The summed E-state index contributed by atoms with van der Waals surface area (Å²) in [5, 5.41) is 8.72. The van der Waals surface area contributed by atoms with Gasteiger partial charge in [0.05, 0.1) is 19.2 Å². The molecule has 6 nitrogen and oxygen atoms in total. The van der Waals surface area contributed by atoms with E-state index >= 15 is 0 Å². The molecule has 0 fully saturated rings. The lowest BCUT2D eigenvalue weighted by atomic mass is 10.2. The van der Waals surface area contributed by atoms with Crippen molar-refractivity contribution in [2.24, 2.45) is 4.99 Å². The lowest BCUT2D eigenvalue weighted by molar-refractivity contribution is -0.135. The predicted octanol–water partition coefficient (Wildman–Crippen LogP) is 1.76. The van der Waals surface area contributed by atoms with E-state index in [9.17, 15) is 9.59 Å². The Morgan fingerprint density at radius 2 is 1.64 bits per heavy atom. The number of hydrogen-bond acceptors (Lipinski definition) is 4. The van der Waals surface area contributed by atoms with Gasteiger partial charge in [0.25, 0.3) is 0 Å². The lowest BCUT2D eigenvalue weighted by Gasteiger charge is -2.30. The largest absolute Gasteiger partial charge is 0.321 e. The first kappa shape index (κ1) is 19.6. The highest BCUT2D eigenvalue weighted by Crippen LogP contribution is 2.06. The zero-order chi connectivity index (χ0) is 17.1. The standard InChI is InChI=1S/C16H24N4O2/c1-13(2)15(21)19(10-6-8-17)12-20(11-7-9-18-5)16(22)14(3)4/h9H,1,3,6-7,10-12H2,2,4-5H3. The van der Waals surface area contributed by atoms with Crippen LogP contribution >= 0.6 is 0 Å². The van der Waals surface area contributed by atoms with Crippen LogP contribution in [0.4, 0.5) is 0 Å². The molecule has 0 aliphatic heterocycles. The second-order valence-electron chi connectivity index (χ2n) is 4.98. The van der Waals surface area contributed by atoms with Gasteiger partial charge in [-0.15, -0.1) is 0 Å². The summed E-state index contributed by atoms with van der Waals surface area (Å²) in [4.78, 5) is 31.2. The van der Waals surface area contributed by atoms with E-state index in [1.807, 2.05) is 6.07 Å². The number of amides is 2. The second-order valence-corrected chi connectivity index (χ2v) is 4.98. The first-order chi connectivity index (χ1) is 10.3. The summed E-state index contributed by atoms with van der Waals surface area (Å²) < 4.78 is 0. The lowest BCUT2D eigenvalue weighted by Crippen LogP contribution is -2.45. The predicted molar refractivity (Wildman–Crippen MR) is 87.2 cm³/mol. The van der Waals surface area contributed by atoms with Gasteiger partial charge in [0.1, 0.15) is 0 Å². The molecule has 0 aromatic heterocycles. The first-order valence-electron chi connectivity index (χ1n) is 7.02. The molecule has 0 bridgehead atoms. The van der Waals surface area contributed by atoms with Crippen molar-refractivity contribution in [2.75, 3.05) is 26.8 Å². The molecule has 6 heteroatoms. The van der Waals surface area contributed by atoms with Crippen LogP contribution in [0, 0.1) is 11.3 Å². The topological polar surface area (TPSA) is 76.8 Å². The van der Waals surface area contributed by atoms with Gasteiger partial charge >= 0.3 is 0 Å². The van der Waals surface area contributed by atoms with Crippen LogP contribution in [0.1, 0.15) is 26.7 Å². The summed E-state index contributed by atoms with van der Waals surface area (Å²) in [6.07, 6.45) is 2.49. The Labute approximate surface area is 132 Å². The average Bonchev–Trinajstić information content (AvgIpc) is 2.48. The van der Waals surface area contributed by atoms with E-state index in [0.29, 0.717) is 24.1 Å². The number of nitrogens with zero attached hydrogens (tertiary/aromatic N) is 4. The summed E-state index contributed by atoms with van der Waals surface area (Å²) in [5.41, 5.74) is 0.771. The van der Waals surface area contributed by atoms with Crippen molar-refractivity contribution in [2.45, 2.75) is 26.7 Å². The van der Waals surface area contributed by atoms with Gasteiger partial charge in [0.15, 0.2) is 0 Å². The Hall–Kier alpha value is -2.42. The van der Waals surface area contributed by atoms with E-state index in [0.717, 1.165) is 0 Å². The Balaban J connectivity index is 5.11. The first-order valence-corrected chi connectivity index (χ1v) is 7.02. The Morgan fingerprint density at radius 1 is 1.14 bits per heavy atom. The highest BCUT2D eigenvalue weighted by atomic mass is 16.2. The fraction of sp³-hybridized carbons (Fsp3) is 0.500. The van der Waals surface area contributed by atoms with Crippen molar-refractivity contribution < 1.29 is 9.59 Å². The maximum atomic E-state index is 12.2. The van der Waals surface area contributed by atoms with Crippen LogP contribution < -0.4 is 0 Å². The SMILES string of the molecule is C=C(C)C(=O)N(CCC#N)CN(CCC=NC)C(=O)C(=C)C. The van der Waals surface area contributed by atoms with Gasteiger partial charge < -0.3 is 14.8 Å². The molecule has 0 aromatic carbocycles. The van der Waals surface area contributed by atoms with Gasteiger partial charge in [-0.2, -0.15) is 5.26 Å². The summed E-state index contributed by atoms with van der Waals surface area (Å²) in [6, 6.07) is 2.00. The van der Waals surface area contributed by atoms with Crippen molar-refractivity contribution >= 4 is 18.0 Å². The van der Waals surface area contributed by atoms with Gasteiger partial charge in [-0.25, -0.2) is 0 Å². The molecule has 0 saturated heterocycles. The van der Waals surface area contributed by atoms with Crippen LogP contribution in [-0.4, -0.2) is 54.6 Å². The van der Waals surface area contributed by atoms with Crippen LogP contribution in [0.25, 0.3) is 0 Å². The van der Waals surface area contributed by atoms with Crippen LogP contribution in [0.3, 0.4) is 0 Å². The molecule has 0 saturated carbocycles. The Kier molecular flexibility index (Phi) is 9.19. The number of carbonyl (C=O) groups is 2. The monoisotopic (exact) mass is 304 g/mol. The van der Waals surface area contributed by atoms with E-state index in [4.69, 9.17) is 5.26 Å². The maximum absolute atomic E-state index is 12.2. The molecule has 0 unspecified atom stereocenters. The van der Waals surface area contributed by atoms with Crippen molar-refractivity contribution in [3.63, 3.8) is 0 Å². The Bertz CT molecular complexity index is 503. The zero-order valence-corrected chi connectivity index (χ0v) is 13.6. The number of aliphatic imine (C=N–C) groups is 1. The molecule has 120 valence electrons. The minimum atomic E-state index is -0.265. The molecule has 2 amide bonds. The number of carbonyl (C=O) groups excluding carboxylic acids is 2. The van der Waals surface area contributed by atoms with Crippen molar-refractivity contribution in [3.05, 3.63) is 24.3 Å². The highest BCUT2D eigenvalue weighted by molar-refractivity contribution is 5.94. The summed E-state index contributed by atoms with van der Waals surface area (Å²) >= 11 is 0. The van der Waals surface area contributed by atoms with E-state index in [1.54, 1.807) is 27.1 Å². The van der Waals surface area contributed by atoms with E-state index in [1.165, 1.54) is 9.80 Å². The Morgan fingerprint density at radius 3 is 2.05 bits per heavy atom. The minimum absolute atomic E-state index is 0.108. The number of nitriles is 1. The third-order valence-electron chi connectivity index (χ3n) is 2.85. The molecule has 0 rings (SSSR count). The number of hydrogen-bond donors (Lipinski definition) is 0. The quantitative estimate of drug-likeness (QED) is 0.370. The molecule has 0 radical (unpaired) electrons. The molecule has 0 spiro atoms. The maximum Gasteiger partial charge on any atom is 0.250 e. The normalized spacial score (nSPS) is 10.1. The molecule has 0 aromatic rings. The van der Waals surface area contributed by atoms with Gasteiger partial charge in [-0.05, 0) is 20.3 Å². The third-order valence-corrected chi connectivity index (χ3v) is 2.85. The summed E-state index contributed by atoms with van der Waals surface area (Å²) in [5.74, 6) is -0.486.